The number of hydrogen-bond acceptors (Lipinski definition) is 4. The standard InChI is InChI=1S/C24H30ClN3O/c1-7-9-10-28(8-2)23-20-14-18(25)13-19(22(20)26-24(27-23)29-6)21-16(4)11-15(3)12-17(21)5/h11-14H,7-10H2,1-6H3. The number of nitrogens with zero attached hydrogens (tertiary/aromatic N) is 3. The second-order valence-corrected chi connectivity index (χ2v) is 8.03. The molecule has 0 aliphatic rings. The summed E-state index contributed by atoms with van der Waals surface area (Å²) >= 11 is 6.60. The lowest BCUT2D eigenvalue weighted by Gasteiger charge is -2.24. The summed E-state index contributed by atoms with van der Waals surface area (Å²) in [7, 11) is 1.62. The molecule has 154 valence electrons. The van der Waals surface area contributed by atoms with Crippen molar-refractivity contribution in [2.24, 2.45) is 0 Å². The minimum absolute atomic E-state index is 0.383. The van der Waals surface area contributed by atoms with Crippen molar-refractivity contribution < 1.29 is 4.74 Å². The number of aromatic nitrogens is 2. The van der Waals surface area contributed by atoms with Crippen LogP contribution in [0.15, 0.2) is 24.3 Å². The van der Waals surface area contributed by atoms with E-state index in [9.17, 15) is 0 Å². The van der Waals surface area contributed by atoms with Gasteiger partial charge in [-0.25, -0.2) is 0 Å². The van der Waals surface area contributed by atoms with E-state index in [0.717, 1.165) is 48.2 Å². The first-order valence-corrected chi connectivity index (χ1v) is 10.7. The Morgan fingerprint density at radius 1 is 1.00 bits per heavy atom. The predicted octanol–water partition coefficient (Wildman–Crippen LogP) is 6.51. The van der Waals surface area contributed by atoms with Gasteiger partial charge >= 0.3 is 6.01 Å². The average molecular weight is 412 g/mol. The van der Waals surface area contributed by atoms with E-state index in [1.807, 2.05) is 12.1 Å². The van der Waals surface area contributed by atoms with E-state index in [-0.39, 0.29) is 0 Å². The van der Waals surface area contributed by atoms with Gasteiger partial charge in [0.2, 0.25) is 0 Å². The van der Waals surface area contributed by atoms with Gasteiger partial charge in [0.15, 0.2) is 0 Å². The number of methoxy groups -OCH3 is 1. The minimum atomic E-state index is 0.383. The molecular formula is C24H30ClN3O. The Bertz CT molecular complexity index is 1010. The lowest BCUT2D eigenvalue weighted by Crippen LogP contribution is -2.25. The van der Waals surface area contributed by atoms with Gasteiger partial charge in [-0.05, 0) is 62.9 Å². The fraction of sp³-hybridized carbons (Fsp3) is 0.417. The molecule has 29 heavy (non-hydrogen) atoms. The minimum Gasteiger partial charge on any atom is -0.467 e. The van der Waals surface area contributed by atoms with Crippen molar-refractivity contribution in [2.45, 2.75) is 47.5 Å². The molecule has 0 saturated heterocycles. The van der Waals surface area contributed by atoms with Crippen LogP contribution in [0, 0.1) is 20.8 Å². The molecule has 0 bridgehead atoms. The highest BCUT2D eigenvalue weighted by molar-refractivity contribution is 6.32. The topological polar surface area (TPSA) is 38.2 Å². The van der Waals surface area contributed by atoms with Gasteiger partial charge < -0.3 is 9.64 Å². The SMILES string of the molecule is CCCCN(CC)c1nc(OC)nc2c(-c3c(C)cc(C)cc3C)cc(Cl)cc12. The number of rotatable bonds is 7. The van der Waals surface area contributed by atoms with E-state index in [2.05, 4.69) is 51.7 Å². The zero-order valence-electron chi connectivity index (χ0n) is 18.3. The third kappa shape index (κ3) is 4.32. The van der Waals surface area contributed by atoms with Crippen molar-refractivity contribution in [3.63, 3.8) is 0 Å². The van der Waals surface area contributed by atoms with E-state index in [0.29, 0.717) is 11.0 Å². The molecule has 1 aromatic heterocycles. The summed E-state index contributed by atoms with van der Waals surface area (Å²) < 4.78 is 5.48. The zero-order chi connectivity index (χ0) is 21.1. The van der Waals surface area contributed by atoms with E-state index < -0.39 is 0 Å². The lowest BCUT2D eigenvalue weighted by atomic mass is 9.92. The summed E-state index contributed by atoms with van der Waals surface area (Å²) in [5, 5.41) is 1.65. The van der Waals surface area contributed by atoms with Gasteiger partial charge in [0, 0.05) is 29.1 Å². The first-order chi connectivity index (χ1) is 13.9. The summed E-state index contributed by atoms with van der Waals surface area (Å²) in [6.07, 6.45) is 2.23. The van der Waals surface area contributed by atoms with Crippen molar-refractivity contribution in [1.29, 1.82) is 0 Å². The van der Waals surface area contributed by atoms with Gasteiger partial charge in [-0.15, -0.1) is 0 Å². The number of anilines is 1. The molecule has 0 amide bonds. The number of halogens is 1. The summed E-state index contributed by atoms with van der Waals surface area (Å²) in [6, 6.07) is 8.77. The van der Waals surface area contributed by atoms with E-state index in [1.54, 1.807) is 7.11 Å². The molecule has 0 aliphatic carbocycles. The maximum Gasteiger partial charge on any atom is 0.318 e. The Balaban J connectivity index is 2.35. The third-order valence-corrected chi connectivity index (χ3v) is 5.53. The Morgan fingerprint density at radius 2 is 1.69 bits per heavy atom. The Morgan fingerprint density at radius 3 is 2.28 bits per heavy atom. The summed E-state index contributed by atoms with van der Waals surface area (Å²) in [4.78, 5) is 11.7. The number of hydrogen-bond donors (Lipinski definition) is 0. The molecule has 0 fully saturated rings. The first kappa shape index (κ1) is 21.4. The van der Waals surface area contributed by atoms with Crippen molar-refractivity contribution in [1.82, 2.24) is 9.97 Å². The fourth-order valence-corrected chi connectivity index (χ4v) is 4.27. The molecule has 3 rings (SSSR count). The third-order valence-electron chi connectivity index (χ3n) is 5.32. The van der Waals surface area contributed by atoms with E-state index in [1.165, 1.54) is 22.3 Å². The molecule has 3 aromatic rings. The summed E-state index contributed by atoms with van der Waals surface area (Å²) in [6.45, 7) is 12.5. The van der Waals surface area contributed by atoms with E-state index >= 15 is 0 Å². The van der Waals surface area contributed by atoms with Crippen LogP contribution in [0.4, 0.5) is 5.82 Å². The molecule has 0 radical (unpaired) electrons. The normalized spacial score (nSPS) is 11.1. The van der Waals surface area contributed by atoms with Crippen LogP contribution in [0.1, 0.15) is 43.4 Å². The van der Waals surface area contributed by atoms with Gasteiger partial charge in [0.1, 0.15) is 5.82 Å². The van der Waals surface area contributed by atoms with Gasteiger partial charge in [0.25, 0.3) is 0 Å². The second-order valence-electron chi connectivity index (χ2n) is 7.59. The molecular weight excluding hydrogens is 382 g/mol. The van der Waals surface area contributed by atoms with Crippen LogP contribution in [0.2, 0.25) is 5.02 Å². The maximum atomic E-state index is 6.60. The largest absolute Gasteiger partial charge is 0.467 e. The fourth-order valence-electron chi connectivity index (χ4n) is 4.05. The zero-order valence-corrected chi connectivity index (χ0v) is 19.0. The monoisotopic (exact) mass is 411 g/mol. The molecule has 0 spiro atoms. The van der Waals surface area contributed by atoms with Crippen LogP contribution >= 0.6 is 11.6 Å². The first-order valence-electron chi connectivity index (χ1n) is 10.3. The highest BCUT2D eigenvalue weighted by Gasteiger charge is 2.19. The van der Waals surface area contributed by atoms with Gasteiger partial charge in [-0.3, -0.25) is 0 Å². The molecule has 0 aliphatic heterocycles. The molecule has 0 saturated carbocycles. The van der Waals surface area contributed by atoms with Crippen molar-refractivity contribution in [3.05, 3.63) is 46.0 Å². The van der Waals surface area contributed by atoms with Crippen LogP contribution in [-0.2, 0) is 0 Å². The highest BCUT2D eigenvalue weighted by Crippen LogP contribution is 2.39. The second kappa shape index (κ2) is 9.00. The molecule has 0 atom stereocenters. The van der Waals surface area contributed by atoms with Crippen molar-refractivity contribution in [2.75, 3.05) is 25.1 Å². The quantitative estimate of drug-likeness (QED) is 0.444. The smallest absolute Gasteiger partial charge is 0.318 e. The molecule has 5 heteroatoms. The van der Waals surface area contributed by atoms with Crippen LogP contribution < -0.4 is 9.64 Å². The summed E-state index contributed by atoms with van der Waals surface area (Å²) in [5.74, 6) is 0.883. The highest BCUT2D eigenvalue weighted by atomic mass is 35.5. The molecule has 0 N–H and O–H groups in total. The Labute approximate surface area is 178 Å². The summed E-state index contributed by atoms with van der Waals surface area (Å²) in [5.41, 5.74) is 6.75. The van der Waals surface area contributed by atoms with Crippen LogP contribution in [0.25, 0.3) is 22.0 Å². The molecule has 0 unspecified atom stereocenters. The number of unbranched alkanes of at least 4 members (excludes halogenated alkanes) is 1. The molecule has 2 aromatic carbocycles. The number of ether oxygens (including phenoxy) is 1. The number of aryl methyl sites for hydroxylation is 3. The predicted molar refractivity (Wildman–Crippen MR) is 124 cm³/mol. The Kier molecular flexibility index (Phi) is 6.63. The molecule has 4 nitrogen and oxygen atoms in total. The van der Waals surface area contributed by atoms with E-state index in [4.69, 9.17) is 26.3 Å². The number of benzene rings is 2. The van der Waals surface area contributed by atoms with Crippen LogP contribution in [-0.4, -0.2) is 30.2 Å². The molecule has 1 heterocycles. The number of fused-ring (bicyclic) bond motifs is 1. The average Bonchev–Trinajstić information content (AvgIpc) is 2.67. The van der Waals surface area contributed by atoms with Crippen molar-refractivity contribution >= 4 is 28.3 Å². The van der Waals surface area contributed by atoms with Gasteiger partial charge in [-0.1, -0.05) is 42.6 Å². The Hall–Kier alpha value is -2.33. The van der Waals surface area contributed by atoms with Crippen LogP contribution in [0.3, 0.4) is 0 Å². The lowest BCUT2D eigenvalue weighted by molar-refractivity contribution is 0.382. The van der Waals surface area contributed by atoms with Gasteiger partial charge in [-0.2, -0.15) is 9.97 Å². The van der Waals surface area contributed by atoms with Gasteiger partial charge in [0.05, 0.1) is 12.6 Å². The van der Waals surface area contributed by atoms with Crippen molar-refractivity contribution in [3.8, 4) is 17.1 Å². The van der Waals surface area contributed by atoms with Crippen LogP contribution in [0.5, 0.6) is 6.01 Å². The maximum absolute atomic E-state index is 6.60.